The molecular formula is C4H6Br4O. The number of hydrogen-bond acceptors (Lipinski definition) is 1. The molecule has 56 valence electrons. The first kappa shape index (κ1) is 10.9. The van der Waals surface area contributed by atoms with Crippen molar-refractivity contribution in [3.05, 3.63) is 0 Å². The third kappa shape index (κ3) is 9.88. The van der Waals surface area contributed by atoms with Gasteiger partial charge in [-0.25, -0.2) is 0 Å². The minimum Gasteiger partial charge on any atom is -0.327 e. The van der Waals surface area contributed by atoms with Gasteiger partial charge < -0.3 is 4.74 Å². The van der Waals surface area contributed by atoms with E-state index in [0.29, 0.717) is 0 Å². The highest BCUT2D eigenvalue weighted by atomic mass is 79.9. The molecule has 0 aromatic rings. The average molecular weight is 390 g/mol. The van der Waals surface area contributed by atoms with Crippen LogP contribution in [0.25, 0.3) is 0 Å². The molecule has 0 atom stereocenters. The SMILES string of the molecule is CC(Br)(Br)OC(C)(Br)Br. The Kier molecular flexibility index (Phi) is 4.25. The lowest BCUT2D eigenvalue weighted by atomic mass is 10.8. The van der Waals surface area contributed by atoms with Crippen molar-refractivity contribution in [3.8, 4) is 0 Å². The van der Waals surface area contributed by atoms with Crippen LogP contribution in [0.1, 0.15) is 13.8 Å². The van der Waals surface area contributed by atoms with Gasteiger partial charge in [-0.3, -0.25) is 0 Å². The quantitative estimate of drug-likeness (QED) is 0.650. The normalized spacial score (nSPS) is 14.0. The Hall–Kier alpha value is 1.88. The van der Waals surface area contributed by atoms with Gasteiger partial charge in [0.2, 0.25) is 0 Å². The highest BCUT2D eigenvalue weighted by Crippen LogP contribution is 2.38. The van der Waals surface area contributed by atoms with Crippen molar-refractivity contribution in [2.45, 2.75) is 20.7 Å². The summed E-state index contributed by atoms with van der Waals surface area (Å²) in [5.41, 5.74) is 0. The second-order valence-corrected chi connectivity index (χ2v) is 9.90. The Balaban J connectivity index is 3.75. The summed E-state index contributed by atoms with van der Waals surface area (Å²) in [4.78, 5) is 0. The highest BCUT2D eigenvalue weighted by molar-refractivity contribution is 9.26. The van der Waals surface area contributed by atoms with Gasteiger partial charge in [0.15, 0.2) is 6.84 Å². The molecule has 0 N–H and O–H groups in total. The molecule has 0 saturated carbocycles. The van der Waals surface area contributed by atoms with Crippen molar-refractivity contribution in [2.24, 2.45) is 0 Å². The van der Waals surface area contributed by atoms with E-state index in [4.69, 9.17) is 4.74 Å². The molecule has 0 amide bonds. The van der Waals surface area contributed by atoms with Gasteiger partial charge in [-0.15, -0.1) is 0 Å². The van der Waals surface area contributed by atoms with E-state index in [-0.39, 0.29) is 0 Å². The molecule has 0 saturated heterocycles. The van der Waals surface area contributed by atoms with Crippen LogP contribution in [-0.4, -0.2) is 6.84 Å². The van der Waals surface area contributed by atoms with Crippen LogP contribution in [-0.2, 0) is 4.74 Å². The molecule has 0 aliphatic heterocycles. The minimum absolute atomic E-state index is 0.484. The van der Waals surface area contributed by atoms with Gasteiger partial charge in [-0.1, -0.05) is 0 Å². The van der Waals surface area contributed by atoms with Gasteiger partial charge >= 0.3 is 0 Å². The molecule has 0 radical (unpaired) electrons. The largest absolute Gasteiger partial charge is 0.327 e. The van der Waals surface area contributed by atoms with E-state index in [1.807, 2.05) is 13.8 Å². The molecule has 0 bridgehead atoms. The van der Waals surface area contributed by atoms with Crippen molar-refractivity contribution in [3.63, 3.8) is 0 Å². The Morgan fingerprint density at radius 3 is 1.11 bits per heavy atom. The zero-order valence-corrected chi connectivity index (χ0v) is 11.3. The first-order chi connectivity index (χ1) is 3.71. The molecule has 0 aromatic carbocycles. The smallest absolute Gasteiger partial charge is 0.177 e. The van der Waals surface area contributed by atoms with Crippen molar-refractivity contribution in [1.29, 1.82) is 0 Å². The summed E-state index contributed by atoms with van der Waals surface area (Å²) in [6.45, 7) is 3.68. The molecule has 5 heteroatoms. The monoisotopic (exact) mass is 386 g/mol. The van der Waals surface area contributed by atoms with Crippen LogP contribution in [0.3, 0.4) is 0 Å². The fourth-order valence-electron chi connectivity index (χ4n) is 0.315. The molecule has 0 aromatic heterocycles. The molecule has 0 heterocycles. The van der Waals surface area contributed by atoms with Crippen LogP contribution in [0, 0.1) is 0 Å². The molecule has 0 unspecified atom stereocenters. The number of halogens is 4. The van der Waals surface area contributed by atoms with Gasteiger partial charge in [0.05, 0.1) is 0 Å². The van der Waals surface area contributed by atoms with Crippen LogP contribution < -0.4 is 0 Å². The number of rotatable bonds is 2. The van der Waals surface area contributed by atoms with Crippen LogP contribution in [0.15, 0.2) is 0 Å². The van der Waals surface area contributed by atoms with Crippen molar-refractivity contribution >= 4 is 63.7 Å². The maximum absolute atomic E-state index is 5.29. The molecular weight excluding hydrogens is 384 g/mol. The minimum atomic E-state index is -0.484. The lowest BCUT2D eigenvalue weighted by Crippen LogP contribution is -2.21. The van der Waals surface area contributed by atoms with E-state index >= 15 is 0 Å². The summed E-state index contributed by atoms with van der Waals surface area (Å²) in [5, 5.41) is 0. The second kappa shape index (κ2) is 3.52. The van der Waals surface area contributed by atoms with Crippen molar-refractivity contribution in [1.82, 2.24) is 0 Å². The Bertz CT molecular complexity index is 77.7. The predicted octanol–water partition coefficient (Wildman–Crippen LogP) is 3.93. The zero-order chi connectivity index (χ0) is 7.71. The van der Waals surface area contributed by atoms with Crippen LogP contribution in [0.5, 0.6) is 0 Å². The summed E-state index contributed by atoms with van der Waals surface area (Å²) in [6, 6.07) is 0. The molecule has 1 nitrogen and oxygen atoms in total. The molecule has 9 heavy (non-hydrogen) atoms. The van der Waals surface area contributed by atoms with Gasteiger partial charge in [-0.2, -0.15) is 0 Å². The van der Waals surface area contributed by atoms with E-state index < -0.39 is 6.84 Å². The van der Waals surface area contributed by atoms with E-state index in [2.05, 4.69) is 63.7 Å². The molecule has 0 spiro atoms. The van der Waals surface area contributed by atoms with Gasteiger partial charge in [-0.05, 0) is 77.6 Å². The third-order valence-corrected chi connectivity index (χ3v) is 1.01. The molecule has 0 aliphatic carbocycles. The summed E-state index contributed by atoms with van der Waals surface area (Å²) in [6.07, 6.45) is 0. The Morgan fingerprint density at radius 2 is 1.11 bits per heavy atom. The van der Waals surface area contributed by atoms with Crippen LogP contribution in [0.4, 0.5) is 0 Å². The predicted molar refractivity (Wildman–Crippen MR) is 53.6 cm³/mol. The van der Waals surface area contributed by atoms with Gasteiger partial charge in [0.1, 0.15) is 0 Å². The van der Waals surface area contributed by atoms with E-state index in [1.54, 1.807) is 0 Å². The van der Waals surface area contributed by atoms with Crippen LogP contribution >= 0.6 is 63.7 Å². The van der Waals surface area contributed by atoms with E-state index in [0.717, 1.165) is 0 Å². The summed E-state index contributed by atoms with van der Waals surface area (Å²) in [5.74, 6) is 0. The summed E-state index contributed by atoms with van der Waals surface area (Å²) in [7, 11) is 0. The Morgan fingerprint density at radius 1 is 0.889 bits per heavy atom. The fraction of sp³-hybridized carbons (Fsp3) is 1.00. The van der Waals surface area contributed by atoms with Gasteiger partial charge in [0.25, 0.3) is 0 Å². The molecule has 0 rings (SSSR count). The highest BCUT2D eigenvalue weighted by Gasteiger charge is 2.26. The van der Waals surface area contributed by atoms with E-state index in [9.17, 15) is 0 Å². The summed E-state index contributed by atoms with van der Waals surface area (Å²) >= 11 is 13.0. The van der Waals surface area contributed by atoms with Crippen LogP contribution in [0.2, 0.25) is 0 Å². The molecule has 0 fully saturated rings. The third-order valence-electron chi connectivity index (χ3n) is 0.358. The number of ether oxygens (including phenoxy) is 1. The maximum atomic E-state index is 5.29. The van der Waals surface area contributed by atoms with Gasteiger partial charge in [0, 0.05) is 0 Å². The number of hydrogen-bond donors (Lipinski definition) is 0. The standard InChI is InChI=1S/C4H6Br4O/c1-3(5,6)9-4(2,7)8/h1-2H3. The van der Waals surface area contributed by atoms with Crippen molar-refractivity contribution < 1.29 is 4.74 Å². The fourth-order valence-corrected chi connectivity index (χ4v) is 2.48. The summed E-state index contributed by atoms with van der Waals surface area (Å²) < 4.78 is 4.32. The second-order valence-electron chi connectivity index (χ2n) is 1.72. The van der Waals surface area contributed by atoms with E-state index in [1.165, 1.54) is 0 Å². The molecule has 0 aliphatic rings. The first-order valence-corrected chi connectivity index (χ1v) is 5.34. The Labute approximate surface area is 88.4 Å². The topological polar surface area (TPSA) is 9.23 Å². The number of alkyl halides is 4. The lowest BCUT2D eigenvalue weighted by molar-refractivity contribution is 0.0879. The lowest BCUT2D eigenvalue weighted by Gasteiger charge is -2.23. The first-order valence-electron chi connectivity index (χ1n) is 2.16. The average Bonchev–Trinajstić information content (AvgIpc) is 1.14. The maximum Gasteiger partial charge on any atom is 0.177 e. The van der Waals surface area contributed by atoms with Crippen molar-refractivity contribution in [2.75, 3.05) is 0 Å². The zero-order valence-electron chi connectivity index (χ0n) is 4.92.